The van der Waals surface area contributed by atoms with Crippen molar-refractivity contribution < 1.29 is 30.0 Å². The molecule has 0 aliphatic carbocycles. The third-order valence-electron chi connectivity index (χ3n) is 5.38. The lowest BCUT2D eigenvalue weighted by molar-refractivity contribution is -0.132. The van der Waals surface area contributed by atoms with Gasteiger partial charge in [0.2, 0.25) is 0 Å². The lowest BCUT2D eigenvalue weighted by atomic mass is 9.97. The summed E-state index contributed by atoms with van der Waals surface area (Å²) in [5.74, 6) is -1.86. The summed E-state index contributed by atoms with van der Waals surface area (Å²) < 4.78 is 0. The molecule has 0 amide bonds. The minimum Gasteiger partial charge on any atom is -0.508 e. The molecule has 0 aromatic heterocycles. The highest BCUT2D eigenvalue weighted by atomic mass is 16.4. The molecule has 0 heterocycles. The maximum absolute atomic E-state index is 11.1. The van der Waals surface area contributed by atoms with E-state index in [9.17, 15) is 19.8 Å². The number of rotatable bonds is 13. The number of hydrogen-bond acceptors (Lipinski definition) is 4. The number of aromatic hydroxyl groups is 1. The molecule has 4 N–H and O–H groups in total. The van der Waals surface area contributed by atoms with Gasteiger partial charge in [0.25, 0.3) is 0 Å². The van der Waals surface area contributed by atoms with Crippen LogP contribution in [0.5, 0.6) is 5.75 Å². The first kappa shape index (κ1) is 27.9. The van der Waals surface area contributed by atoms with E-state index in [4.69, 9.17) is 10.2 Å². The fraction of sp³-hybridized carbons (Fsp3) is 0.407. The van der Waals surface area contributed by atoms with Gasteiger partial charge in [-0.15, -0.1) is 0 Å². The van der Waals surface area contributed by atoms with Crippen molar-refractivity contribution in [2.45, 2.75) is 71.8 Å². The molecule has 0 radical (unpaired) electrons. The van der Waals surface area contributed by atoms with Gasteiger partial charge in [-0.1, -0.05) is 41.5 Å². The third kappa shape index (κ3) is 11.3. The third-order valence-corrected chi connectivity index (χ3v) is 5.38. The van der Waals surface area contributed by atoms with Crippen molar-refractivity contribution in [3.63, 3.8) is 0 Å². The van der Waals surface area contributed by atoms with Gasteiger partial charge < -0.3 is 20.4 Å². The fourth-order valence-corrected chi connectivity index (χ4v) is 3.15. The van der Waals surface area contributed by atoms with Crippen LogP contribution < -0.4 is 0 Å². The minimum absolute atomic E-state index is 0.0684. The van der Waals surface area contributed by atoms with E-state index in [2.05, 4.69) is 6.08 Å². The highest BCUT2D eigenvalue weighted by Crippen LogP contribution is 2.21. The molecule has 0 unspecified atom stereocenters. The van der Waals surface area contributed by atoms with E-state index in [-0.39, 0.29) is 11.3 Å². The molecule has 0 spiro atoms. The monoisotopic (exact) mass is 456 g/mol. The van der Waals surface area contributed by atoms with E-state index in [0.717, 1.165) is 18.4 Å². The number of phenolic OH excluding ortho intramolecular Hbond substituents is 1. The van der Waals surface area contributed by atoms with Crippen molar-refractivity contribution in [3.05, 3.63) is 76.4 Å². The van der Waals surface area contributed by atoms with Gasteiger partial charge in [0.15, 0.2) is 0 Å². The summed E-state index contributed by atoms with van der Waals surface area (Å²) >= 11 is 0. The average molecular weight is 457 g/mol. The molecule has 0 bridgehead atoms. The van der Waals surface area contributed by atoms with Crippen molar-refractivity contribution >= 4 is 11.9 Å². The zero-order chi connectivity index (χ0) is 25.0. The summed E-state index contributed by atoms with van der Waals surface area (Å²) in [4.78, 5) is 21.9. The molecule has 1 rings (SSSR count). The molecule has 0 saturated carbocycles. The second kappa shape index (κ2) is 13.4. The van der Waals surface area contributed by atoms with Crippen LogP contribution in [0, 0.1) is 0 Å². The Hall–Kier alpha value is -3.12. The van der Waals surface area contributed by atoms with Gasteiger partial charge in [-0.05, 0) is 90.0 Å². The average Bonchev–Trinajstić information content (AvgIpc) is 2.72. The number of aliphatic carboxylic acids is 1. The first-order valence-electron chi connectivity index (χ1n) is 11.1. The van der Waals surface area contributed by atoms with Crippen LogP contribution in [0.1, 0.15) is 75.7 Å². The highest BCUT2D eigenvalue weighted by molar-refractivity contribution is 5.88. The van der Waals surface area contributed by atoms with E-state index in [0.29, 0.717) is 36.8 Å². The largest absolute Gasteiger partial charge is 0.508 e. The van der Waals surface area contributed by atoms with Crippen molar-refractivity contribution in [2.75, 3.05) is 0 Å². The number of carbonyl (C=O) groups is 2. The van der Waals surface area contributed by atoms with Crippen LogP contribution in [0.2, 0.25) is 0 Å². The predicted octanol–water partition coefficient (Wildman–Crippen LogP) is 5.81. The Morgan fingerprint density at radius 3 is 2.33 bits per heavy atom. The van der Waals surface area contributed by atoms with Gasteiger partial charge in [0, 0.05) is 5.57 Å². The molecular formula is C27H36O6. The second-order valence-corrected chi connectivity index (χ2v) is 8.69. The van der Waals surface area contributed by atoms with Crippen LogP contribution >= 0.6 is 0 Å². The number of aliphatic hydroxyl groups is 1. The SMILES string of the molecule is CC(=CCc1cc(C(=O)O)ccc1O)CC=C[C@@](C)(O)CCC=C(C)CCC=C(C)C(=O)O. The zero-order valence-corrected chi connectivity index (χ0v) is 20.0. The van der Waals surface area contributed by atoms with Gasteiger partial charge in [-0.3, -0.25) is 0 Å². The molecule has 0 aliphatic heterocycles. The first-order chi connectivity index (χ1) is 15.4. The van der Waals surface area contributed by atoms with Crippen LogP contribution in [-0.4, -0.2) is 38.0 Å². The number of aromatic carboxylic acids is 1. The molecule has 180 valence electrons. The normalized spacial score (nSPS) is 15.0. The topological polar surface area (TPSA) is 115 Å². The van der Waals surface area contributed by atoms with E-state index >= 15 is 0 Å². The summed E-state index contributed by atoms with van der Waals surface area (Å²) in [6.45, 7) is 7.30. The van der Waals surface area contributed by atoms with Crippen LogP contribution in [0.25, 0.3) is 0 Å². The molecule has 1 aromatic carbocycles. The van der Waals surface area contributed by atoms with Gasteiger partial charge >= 0.3 is 11.9 Å². The molecular weight excluding hydrogens is 420 g/mol. The Morgan fingerprint density at radius 1 is 1.00 bits per heavy atom. The Labute approximate surface area is 196 Å². The molecule has 0 saturated heterocycles. The molecule has 6 nitrogen and oxygen atoms in total. The Kier molecular flexibility index (Phi) is 11.4. The number of allylic oxidation sites excluding steroid dienone is 6. The second-order valence-electron chi connectivity index (χ2n) is 8.69. The highest BCUT2D eigenvalue weighted by Gasteiger charge is 2.14. The maximum atomic E-state index is 11.1. The minimum atomic E-state index is -1.03. The maximum Gasteiger partial charge on any atom is 0.335 e. The number of carboxylic acid groups (broad SMARTS) is 2. The fourth-order valence-electron chi connectivity index (χ4n) is 3.15. The molecule has 6 heteroatoms. The molecule has 0 fully saturated rings. The van der Waals surface area contributed by atoms with Gasteiger partial charge in [-0.25, -0.2) is 9.59 Å². The van der Waals surface area contributed by atoms with Gasteiger partial charge in [0.1, 0.15) is 5.75 Å². The summed E-state index contributed by atoms with van der Waals surface area (Å²) in [6, 6.07) is 4.24. The standard InChI is InChI=1S/C27H36O6/c1-19(8-5-11-21(3)25(29)30)9-6-16-27(4,33)17-7-10-20(2)12-13-22-18-23(26(31)32)14-15-24(22)28/h7,9,11-12,14-15,17-18,28,33H,5-6,8,10,13,16H2,1-4H3,(H,29,30)(H,31,32)/t27-/m0/s1. The van der Waals surface area contributed by atoms with Gasteiger partial charge in [-0.2, -0.15) is 0 Å². The van der Waals surface area contributed by atoms with Crippen LogP contribution in [0.15, 0.2) is 65.3 Å². The van der Waals surface area contributed by atoms with E-state index in [1.165, 1.54) is 23.8 Å². The molecule has 0 aliphatic rings. The summed E-state index contributed by atoms with van der Waals surface area (Å²) in [5, 5.41) is 38.4. The van der Waals surface area contributed by atoms with E-state index in [1.807, 2.05) is 26.0 Å². The van der Waals surface area contributed by atoms with Crippen molar-refractivity contribution in [2.24, 2.45) is 0 Å². The predicted molar refractivity (Wildman–Crippen MR) is 131 cm³/mol. The van der Waals surface area contributed by atoms with Crippen molar-refractivity contribution in [1.82, 2.24) is 0 Å². The lowest BCUT2D eigenvalue weighted by Gasteiger charge is -2.18. The Balaban J connectivity index is 2.52. The number of phenols is 1. The Morgan fingerprint density at radius 2 is 1.70 bits per heavy atom. The van der Waals surface area contributed by atoms with Crippen molar-refractivity contribution in [3.8, 4) is 5.75 Å². The van der Waals surface area contributed by atoms with Crippen LogP contribution in [-0.2, 0) is 11.2 Å². The molecule has 33 heavy (non-hydrogen) atoms. The smallest absolute Gasteiger partial charge is 0.335 e. The zero-order valence-electron chi connectivity index (χ0n) is 20.0. The lowest BCUT2D eigenvalue weighted by Crippen LogP contribution is -2.20. The quantitative estimate of drug-likeness (QED) is 0.220. The summed E-state index contributed by atoms with van der Waals surface area (Å²) in [7, 11) is 0. The van der Waals surface area contributed by atoms with Gasteiger partial charge in [0.05, 0.1) is 11.2 Å². The van der Waals surface area contributed by atoms with Crippen molar-refractivity contribution in [1.29, 1.82) is 0 Å². The first-order valence-corrected chi connectivity index (χ1v) is 11.1. The van der Waals surface area contributed by atoms with E-state index in [1.54, 1.807) is 26.0 Å². The number of hydrogen-bond donors (Lipinski definition) is 4. The number of benzene rings is 1. The van der Waals surface area contributed by atoms with Crippen LogP contribution in [0.3, 0.4) is 0 Å². The molecule has 1 aromatic rings. The summed E-state index contributed by atoms with van der Waals surface area (Å²) in [5.41, 5.74) is 2.32. The molecule has 1 atom stereocenters. The van der Waals surface area contributed by atoms with Crippen LogP contribution in [0.4, 0.5) is 0 Å². The Bertz CT molecular complexity index is 947. The number of carboxylic acids is 2. The summed E-state index contributed by atoms with van der Waals surface area (Å²) in [6.07, 6.45) is 13.3. The van der Waals surface area contributed by atoms with E-state index < -0.39 is 17.5 Å².